The van der Waals surface area contributed by atoms with Gasteiger partial charge in [0.05, 0.1) is 37.6 Å². The average Bonchev–Trinajstić information content (AvgIpc) is 2.87. The van der Waals surface area contributed by atoms with E-state index in [0.29, 0.717) is 6.07 Å². The smallest absolute Gasteiger partial charge is 0.184 e. The zero-order valence-corrected chi connectivity index (χ0v) is 14.4. The first-order valence-electron chi connectivity index (χ1n) is 8.60. The first-order chi connectivity index (χ1) is 12.8. The molecule has 1 aromatic rings. The molecule has 5 N–H and O–H groups in total. The van der Waals surface area contributed by atoms with Crippen molar-refractivity contribution >= 4 is 0 Å². The molecule has 2 saturated heterocycles. The molecule has 0 bridgehead atoms. The van der Waals surface area contributed by atoms with Crippen molar-refractivity contribution < 1.29 is 43.8 Å². The lowest BCUT2D eigenvalue weighted by molar-refractivity contribution is -0.276. The Labute approximate surface area is 154 Å². The lowest BCUT2D eigenvalue weighted by atomic mass is 10.1. The molecule has 1 unspecified atom stereocenters. The zero-order valence-electron chi connectivity index (χ0n) is 14.4. The molecule has 10 heteroatoms. The highest BCUT2D eigenvalue weighted by Crippen LogP contribution is 2.30. The van der Waals surface area contributed by atoms with Crippen LogP contribution in [0.3, 0.4) is 0 Å². The lowest BCUT2D eigenvalue weighted by Crippen LogP contribution is -2.52. The minimum absolute atomic E-state index is 0.0291. The third-order valence-corrected chi connectivity index (χ3v) is 4.90. The quantitative estimate of drug-likeness (QED) is 0.411. The number of hydrogen-bond donors (Lipinski definition) is 5. The summed E-state index contributed by atoms with van der Waals surface area (Å²) < 4.78 is 37.6. The Hall–Kier alpha value is -1.24. The molecule has 0 aromatic heterocycles. The van der Waals surface area contributed by atoms with Gasteiger partial charge in [0.15, 0.2) is 6.29 Å². The van der Waals surface area contributed by atoms with E-state index in [2.05, 4.69) is 0 Å². The fourth-order valence-corrected chi connectivity index (χ4v) is 3.52. The van der Waals surface area contributed by atoms with Gasteiger partial charge < -0.3 is 35.0 Å². The van der Waals surface area contributed by atoms with Crippen LogP contribution in [0.2, 0.25) is 0 Å². The van der Waals surface area contributed by atoms with E-state index in [0.717, 1.165) is 12.1 Å². The van der Waals surface area contributed by atoms with Gasteiger partial charge in [0, 0.05) is 24.7 Å². The van der Waals surface area contributed by atoms with Gasteiger partial charge in [-0.2, -0.15) is 0 Å². The van der Waals surface area contributed by atoms with Crippen LogP contribution in [0.1, 0.15) is 11.9 Å². The summed E-state index contributed by atoms with van der Waals surface area (Å²) >= 11 is 0. The van der Waals surface area contributed by atoms with Gasteiger partial charge >= 0.3 is 0 Å². The van der Waals surface area contributed by atoms with Gasteiger partial charge in [0.1, 0.15) is 23.8 Å². The van der Waals surface area contributed by atoms with Crippen LogP contribution in [0.25, 0.3) is 0 Å². The summed E-state index contributed by atoms with van der Waals surface area (Å²) in [7, 11) is 0. The normalized spacial score (nSPS) is 36.1. The molecule has 2 fully saturated rings. The third kappa shape index (κ3) is 4.44. The molecule has 1 aromatic carbocycles. The van der Waals surface area contributed by atoms with Crippen molar-refractivity contribution in [2.75, 3.05) is 26.3 Å². The fourth-order valence-electron chi connectivity index (χ4n) is 3.52. The number of benzene rings is 1. The molecule has 0 aliphatic carbocycles. The lowest BCUT2D eigenvalue weighted by Gasteiger charge is -2.38. The Morgan fingerprint density at radius 1 is 1.11 bits per heavy atom. The van der Waals surface area contributed by atoms with Crippen LogP contribution in [-0.2, 0) is 9.47 Å². The van der Waals surface area contributed by atoms with Crippen LogP contribution in [0.15, 0.2) is 18.2 Å². The van der Waals surface area contributed by atoms with Crippen molar-refractivity contribution in [1.82, 2.24) is 4.90 Å². The maximum Gasteiger partial charge on any atom is 0.184 e. The summed E-state index contributed by atoms with van der Waals surface area (Å²) in [5.41, 5.74) is 0.0665. The monoisotopic (exact) mass is 391 g/mol. The van der Waals surface area contributed by atoms with E-state index < -0.39 is 61.1 Å². The molecule has 152 valence electrons. The second-order valence-electron chi connectivity index (χ2n) is 6.87. The third-order valence-electron chi connectivity index (χ3n) is 4.90. The van der Waals surface area contributed by atoms with E-state index in [4.69, 9.17) is 9.47 Å². The standard InChI is InChI=1S/C17H23F2NO7/c18-9-1-8(2-10(19)3-9)17-26-7-14(24)16(27-17)13(23)5-20-4-12(22)15(25)11(20)6-21/h1-3,11-17,21-25H,4-7H2/t11-,12-,13-,14-,15-,16-,17?/m1/s1. The molecule has 8 nitrogen and oxygen atoms in total. The minimum Gasteiger partial charge on any atom is -0.395 e. The fraction of sp³-hybridized carbons (Fsp3) is 0.647. The largest absolute Gasteiger partial charge is 0.395 e. The predicted octanol–water partition coefficient (Wildman–Crippen LogP) is -1.50. The van der Waals surface area contributed by atoms with E-state index in [1.165, 1.54) is 4.90 Å². The maximum atomic E-state index is 13.4. The van der Waals surface area contributed by atoms with Crippen molar-refractivity contribution in [3.05, 3.63) is 35.4 Å². The van der Waals surface area contributed by atoms with E-state index in [-0.39, 0.29) is 25.3 Å². The first-order valence-corrected chi connectivity index (χ1v) is 8.60. The molecule has 0 saturated carbocycles. The van der Waals surface area contributed by atoms with E-state index in [1.807, 2.05) is 0 Å². The number of hydrogen-bond acceptors (Lipinski definition) is 8. The highest BCUT2D eigenvalue weighted by atomic mass is 19.1. The Morgan fingerprint density at radius 3 is 2.41 bits per heavy atom. The Morgan fingerprint density at radius 2 is 1.78 bits per heavy atom. The molecule has 0 spiro atoms. The molecule has 2 aliphatic heterocycles. The molecule has 7 atom stereocenters. The van der Waals surface area contributed by atoms with Crippen LogP contribution < -0.4 is 0 Å². The van der Waals surface area contributed by atoms with Crippen LogP contribution in [0.4, 0.5) is 8.78 Å². The van der Waals surface area contributed by atoms with Crippen LogP contribution >= 0.6 is 0 Å². The van der Waals surface area contributed by atoms with Crippen molar-refractivity contribution in [2.45, 2.75) is 42.9 Å². The Kier molecular flexibility index (Phi) is 6.39. The van der Waals surface area contributed by atoms with Crippen molar-refractivity contribution in [1.29, 1.82) is 0 Å². The SMILES string of the molecule is OC[C@@H]1[C@@H](O)[C@H](O)CN1C[C@@H](O)[C@H]1OC(c2cc(F)cc(F)c2)OC[C@H]1O. The van der Waals surface area contributed by atoms with Gasteiger partial charge in [-0.15, -0.1) is 0 Å². The first kappa shape index (κ1) is 20.5. The molecule has 2 aliphatic rings. The van der Waals surface area contributed by atoms with E-state index >= 15 is 0 Å². The second-order valence-corrected chi connectivity index (χ2v) is 6.87. The van der Waals surface area contributed by atoms with Gasteiger partial charge in [-0.25, -0.2) is 8.78 Å². The molecule has 3 rings (SSSR count). The number of aliphatic hydroxyl groups excluding tert-OH is 5. The minimum atomic E-state index is -1.27. The number of likely N-dealkylation sites (tertiary alicyclic amines) is 1. The van der Waals surface area contributed by atoms with E-state index in [1.54, 1.807) is 0 Å². The van der Waals surface area contributed by atoms with Gasteiger partial charge in [-0.3, -0.25) is 4.90 Å². The summed E-state index contributed by atoms with van der Waals surface area (Å²) in [6.07, 6.45) is -7.01. The number of aliphatic hydroxyl groups is 5. The Bertz CT molecular complexity index is 631. The summed E-state index contributed by atoms with van der Waals surface area (Å²) in [5.74, 6) is -1.63. The molecular formula is C17H23F2NO7. The number of nitrogens with zero attached hydrogens (tertiary/aromatic N) is 1. The number of ether oxygens (including phenoxy) is 2. The summed E-state index contributed by atoms with van der Waals surface area (Å²) in [4.78, 5) is 1.49. The second kappa shape index (κ2) is 8.41. The topological polar surface area (TPSA) is 123 Å². The maximum absolute atomic E-state index is 13.4. The predicted molar refractivity (Wildman–Crippen MR) is 86.4 cm³/mol. The van der Waals surface area contributed by atoms with Crippen LogP contribution in [0.5, 0.6) is 0 Å². The molecule has 27 heavy (non-hydrogen) atoms. The summed E-state index contributed by atoms with van der Waals surface area (Å²) in [5, 5.41) is 49.5. The molecule has 0 radical (unpaired) electrons. The van der Waals surface area contributed by atoms with Gasteiger partial charge in [-0.05, 0) is 12.1 Å². The van der Waals surface area contributed by atoms with Crippen molar-refractivity contribution in [2.24, 2.45) is 0 Å². The number of halogens is 2. The van der Waals surface area contributed by atoms with Gasteiger partial charge in [-0.1, -0.05) is 0 Å². The van der Waals surface area contributed by atoms with E-state index in [9.17, 15) is 34.3 Å². The molecule has 2 heterocycles. The Balaban J connectivity index is 1.69. The zero-order chi connectivity index (χ0) is 19.7. The van der Waals surface area contributed by atoms with Crippen LogP contribution in [-0.4, -0.2) is 93.3 Å². The number of rotatable bonds is 5. The van der Waals surface area contributed by atoms with Crippen molar-refractivity contribution in [3.63, 3.8) is 0 Å². The van der Waals surface area contributed by atoms with Gasteiger partial charge in [0.25, 0.3) is 0 Å². The van der Waals surface area contributed by atoms with Gasteiger partial charge in [0.2, 0.25) is 0 Å². The van der Waals surface area contributed by atoms with Crippen LogP contribution in [0, 0.1) is 11.6 Å². The molecule has 0 amide bonds. The highest BCUT2D eigenvalue weighted by Gasteiger charge is 2.43. The summed E-state index contributed by atoms with van der Waals surface area (Å²) in [6, 6.07) is 2.00. The summed E-state index contributed by atoms with van der Waals surface area (Å²) in [6.45, 7) is -0.723. The molecular weight excluding hydrogens is 368 g/mol. The van der Waals surface area contributed by atoms with Crippen molar-refractivity contribution in [3.8, 4) is 0 Å². The highest BCUT2D eigenvalue weighted by molar-refractivity contribution is 5.19. The number of β-amino-alcohol motifs (C(OH)–C–C–N with tert-alkyl or cyclic N) is 2. The average molecular weight is 391 g/mol.